The van der Waals surface area contributed by atoms with Gasteiger partial charge in [0.2, 0.25) is 0 Å². The molecule has 0 spiro atoms. The van der Waals surface area contributed by atoms with Gasteiger partial charge in [-0.25, -0.2) is 0 Å². The summed E-state index contributed by atoms with van der Waals surface area (Å²) in [5.74, 6) is 1.66. The van der Waals surface area contributed by atoms with Crippen LogP contribution in [0.3, 0.4) is 0 Å². The lowest BCUT2D eigenvalue weighted by Gasteiger charge is -2.15. The Labute approximate surface area is 196 Å². The Balaban J connectivity index is 0.00000320. The number of guanidine groups is 1. The SMILES string of the molecule is CN=C(NCCCOC1CCOC1)NCc1ccccc1COc1ccccc1.I. The fraction of sp³-hybridized carbons (Fsp3) is 0.435. The zero-order chi connectivity index (χ0) is 20.2. The van der Waals surface area contributed by atoms with Gasteiger partial charge >= 0.3 is 0 Å². The third-order valence-electron chi connectivity index (χ3n) is 4.78. The molecule has 0 aromatic heterocycles. The molecule has 30 heavy (non-hydrogen) atoms. The fourth-order valence-electron chi connectivity index (χ4n) is 3.12. The van der Waals surface area contributed by atoms with E-state index in [1.54, 1.807) is 7.05 Å². The van der Waals surface area contributed by atoms with Crippen LogP contribution in [0.25, 0.3) is 0 Å². The fourth-order valence-corrected chi connectivity index (χ4v) is 3.12. The van der Waals surface area contributed by atoms with Crippen LogP contribution in [-0.4, -0.2) is 45.5 Å². The first-order valence-electron chi connectivity index (χ1n) is 10.2. The van der Waals surface area contributed by atoms with Crippen LogP contribution in [0, 0.1) is 0 Å². The molecular formula is C23H32IN3O3. The Morgan fingerprint density at radius 3 is 2.57 bits per heavy atom. The maximum absolute atomic E-state index is 5.90. The van der Waals surface area contributed by atoms with Crippen molar-refractivity contribution in [3.63, 3.8) is 0 Å². The molecule has 1 fully saturated rings. The molecule has 1 saturated heterocycles. The van der Waals surface area contributed by atoms with Crippen molar-refractivity contribution in [2.75, 3.05) is 33.4 Å². The van der Waals surface area contributed by atoms with Gasteiger partial charge in [0.15, 0.2) is 5.96 Å². The number of aliphatic imine (C=N–C) groups is 1. The zero-order valence-corrected chi connectivity index (χ0v) is 19.8. The Hall–Kier alpha value is -1.84. The van der Waals surface area contributed by atoms with E-state index in [0.717, 1.165) is 56.5 Å². The van der Waals surface area contributed by atoms with Crippen molar-refractivity contribution in [3.8, 4) is 5.75 Å². The van der Waals surface area contributed by atoms with Crippen molar-refractivity contribution < 1.29 is 14.2 Å². The van der Waals surface area contributed by atoms with Crippen LogP contribution in [0.2, 0.25) is 0 Å². The van der Waals surface area contributed by atoms with E-state index < -0.39 is 0 Å². The minimum atomic E-state index is 0. The van der Waals surface area contributed by atoms with E-state index in [1.807, 2.05) is 42.5 Å². The average molecular weight is 525 g/mol. The topological polar surface area (TPSA) is 64.1 Å². The van der Waals surface area contributed by atoms with Gasteiger partial charge in [-0.3, -0.25) is 4.99 Å². The smallest absolute Gasteiger partial charge is 0.191 e. The first kappa shape index (κ1) is 24.4. The van der Waals surface area contributed by atoms with E-state index in [9.17, 15) is 0 Å². The molecule has 1 atom stereocenters. The van der Waals surface area contributed by atoms with Gasteiger partial charge in [-0.05, 0) is 36.1 Å². The number of hydrogen-bond donors (Lipinski definition) is 2. The van der Waals surface area contributed by atoms with Crippen LogP contribution < -0.4 is 15.4 Å². The lowest BCUT2D eigenvalue weighted by atomic mass is 10.1. The highest BCUT2D eigenvalue weighted by Gasteiger charge is 2.15. The van der Waals surface area contributed by atoms with Crippen molar-refractivity contribution in [3.05, 3.63) is 65.7 Å². The molecule has 0 bridgehead atoms. The summed E-state index contributed by atoms with van der Waals surface area (Å²) in [6.45, 7) is 4.31. The second-order valence-corrected chi connectivity index (χ2v) is 6.93. The molecule has 3 rings (SSSR count). The monoisotopic (exact) mass is 525 g/mol. The molecule has 2 aromatic rings. The summed E-state index contributed by atoms with van der Waals surface area (Å²) in [6.07, 6.45) is 2.20. The van der Waals surface area contributed by atoms with Gasteiger partial charge in [0.05, 0.1) is 12.7 Å². The standard InChI is InChI=1S/C23H31N3O3.HI/c1-24-23(25-13-7-14-28-22-12-15-27-18-22)26-16-19-8-5-6-9-20(19)17-29-21-10-3-2-4-11-21;/h2-6,8-11,22H,7,12-18H2,1H3,(H2,24,25,26);1H. The van der Waals surface area contributed by atoms with E-state index in [-0.39, 0.29) is 30.1 Å². The number of para-hydroxylation sites is 1. The van der Waals surface area contributed by atoms with E-state index in [1.165, 1.54) is 5.56 Å². The van der Waals surface area contributed by atoms with Crippen LogP contribution in [0.1, 0.15) is 24.0 Å². The molecule has 7 heteroatoms. The van der Waals surface area contributed by atoms with Crippen LogP contribution in [0.5, 0.6) is 5.75 Å². The molecule has 0 saturated carbocycles. The third-order valence-corrected chi connectivity index (χ3v) is 4.78. The number of hydrogen-bond acceptors (Lipinski definition) is 4. The van der Waals surface area contributed by atoms with Crippen molar-refractivity contribution >= 4 is 29.9 Å². The molecule has 164 valence electrons. The molecule has 0 radical (unpaired) electrons. The van der Waals surface area contributed by atoms with Crippen molar-refractivity contribution in [1.82, 2.24) is 10.6 Å². The highest BCUT2D eigenvalue weighted by atomic mass is 127. The maximum atomic E-state index is 5.90. The van der Waals surface area contributed by atoms with Gasteiger partial charge in [-0.15, -0.1) is 24.0 Å². The average Bonchev–Trinajstić information content (AvgIpc) is 3.29. The summed E-state index contributed by atoms with van der Waals surface area (Å²) in [5, 5.41) is 6.72. The summed E-state index contributed by atoms with van der Waals surface area (Å²) in [6, 6.07) is 18.2. The van der Waals surface area contributed by atoms with Gasteiger partial charge in [0.25, 0.3) is 0 Å². The molecule has 1 unspecified atom stereocenters. The minimum absolute atomic E-state index is 0. The molecule has 1 aliphatic heterocycles. The third kappa shape index (κ3) is 8.49. The van der Waals surface area contributed by atoms with E-state index in [4.69, 9.17) is 14.2 Å². The first-order valence-corrected chi connectivity index (χ1v) is 10.2. The predicted molar refractivity (Wildman–Crippen MR) is 131 cm³/mol. The summed E-state index contributed by atoms with van der Waals surface area (Å²) in [7, 11) is 1.78. The number of rotatable bonds is 10. The van der Waals surface area contributed by atoms with Gasteiger partial charge in [0, 0.05) is 33.4 Å². The number of halogens is 1. The maximum Gasteiger partial charge on any atom is 0.191 e. The highest BCUT2D eigenvalue weighted by Crippen LogP contribution is 2.14. The van der Waals surface area contributed by atoms with Crippen LogP contribution in [-0.2, 0) is 22.6 Å². The summed E-state index contributed by atoms with van der Waals surface area (Å²) in [4.78, 5) is 4.30. The Bertz CT molecular complexity index is 752. The lowest BCUT2D eigenvalue weighted by Crippen LogP contribution is -2.37. The molecule has 0 aliphatic carbocycles. The summed E-state index contributed by atoms with van der Waals surface area (Å²) < 4.78 is 17.0. The number of benzene rings is 2. The molecular weight excluding hydrogens is 493 g/mol. The largest absolute Gasteiger partial charge is 0.489 e. The van der Waals surface area contributed by atoms with Crippen molar-refractivity contribution in [2.45, 2.75) is 32.1 Å². The van der Waals surface area contributed by atoms with Crippen molar-refractivity contribution in [2.24, 2.45) is 4.99 Å². The molecule has 6 nitrogen and oxygen atoms in total. The summed E-state index contributed by atoms with van der Waals surface area (Å²) >= 11 is 0. The predicted octanol–water partition coefficient (Wildman–Crippen LogP) is 3.74. The Kier molecular flexibility index (Phi) is 11.6. The van der Waals surface area contributed by atoms with Gasteiger partial charge in [-0.1, -0.05) is 42.5 Å². The quantitative estimate of drug-likeness (QED) is 0.214. The second-order valence-electron chi connectivity index (χ2n) is 6.93. The second kappa shape index (κ2) is 14.2. The molecule has 1 heterocycles. The summed E-state index contributed by atoms with van der Waals surface area (Å²) in [5.41, 5.74) is 2.35. The van der Waals surface area contributed by atoms with E-state index in [2.05, 4.69) is 27.8 Å². The molecule has 2 N–H and O–H groups in total. The van der Waals surface area contributed by atoms with Crippen LogP contribution >= 0.6 is 24.0 Å². The molecule has 1 aliphatic rings. The first-order chi connectivity index (χ1) is 14.3. The number of nitrogens with zero attached hydrogens (tertiary/aromatic N) is 1. The molecule has 0 amide bonds. The van der Waals surface area contributed by atoms with E-state index in [0.29, 0.717) is 13.2 Å². The van der Waals surface area contributed by atoms with Crippen LogP contribution in [0.4, 0.5) is 0 Å². The Morgan fingerprint density at radius 1 is 1.07 bits per heavy atom. The number of nitrogens with one attached hydrogen (secondary N) is 2. The highest BCUT2D eigenvalue weighted by molar-refractivity contribution is 14.0. The zero-order valence-electron chi connectivity index (χ0n) is 17.5. The Morgan fingerprint density at radius 2 is 1.83 bits per heavy atom. The van der Waals surface area contributed by atoms with Gasteiger partial charge in [-0.2, -0.15) is 0 Å². The normalized spacial score (nSPS) is 16.0. The van der Waals surface area contributed by atoms with E-state index >= 15 is 0 Å². The van der Waals surface area contributed by atoms with Gasteiger partial charge < -0.3 is 24.8 Å². The number of ether oxygens (including phenoxy) is 3. The van der Waals surface area contributed by atoms with Crippen molar-refractivity contribution in [1.29, 1.82) is 0 Å². The van der Waals surface area contributed by atoms with Gasteiger partial charge in [0.1, 0.15) is 12.4 Å². The lowest BCUT2D eigenvalue weighted by molar-refractivity contribution is 0.0420. The van der Waals surface area contributed by atoms with Crippen LogP contribution in [0.15, 0.2) is 59.6 Å². The minimum Gasteiger partial charge on any atom is -0.489 e. The molecule has 2 aromatic carbocycles.